The van der Waals surface area contributed by atoms with E-state index in [9.17, 15) is 9.59 Å². The average molecular weight is 533 g/mol. The van der Waals surface area contributed by atoms with E-state index in [0.717, 1.165) is 55.0 Å². The second-order valence-corrected chi connectivity index (χ2v) is 11.2. The van der Waals surface area contributed by atoms with Crippen LogP contribution in [0.25, 0.3) is 0 Å². The zero-order valence-corrected chi connectivity index (χ0v) is 22.4. The summed E-state index contributed by atoms with van der Waals surface area (Å²) in [6.07, 6.45) is 2.67. The quantitative estimate of drug-likeness (QED) is 0.573. The molecule has 1 aliphatic carbocycles. The summed E-state index contributed by atoms with van der Waals surface area (Å²) >= 11 is 0. The van der Waals surface area contributed by atoms with Gasteiger partial charge in [0.2, 0.25) is 6.79 Å². The smallest absolute Gasteiger partial charge is 0.338 e. The molecule has 4 atom stereocenters. The summed E-state index contributed by atoms with van der Waals surface area (Å²) in [5.74, 6) is 1.16. The normalized spacial score (nSPS) is 28.6. The van der Waals surface area contributed by atoms with E-state index in [4.69, 9.17) is 23.7 Å². The number of esters is 2. The summed E-state index contributed by atoms with van der Waals surface area (Å²) in [6, 6.07) is 11.3. The van der Waals surface area contributed by atoms with Gasteiger partial charge in [0.05, 0.1) is 30.8 Å². The van der Waals surface area contributed by atoms with Gasteiger partial charge in [0, 0.05) is 28.9 Å². The molecule has 0 radical (unpaired) electrons. The van der Waals surface area contributed by atoms with Crippen LogP contribution in [0.3, 0.4) is 0 Å². The summed E-state index contributed by atoms with van der Waals surface area (Å²) in [5.41, 5.74) is 3.19. The maximum absolute atomic E-state index is 13.5. The van der Waals surface area contributed by atoms with Crippen molar-refractivity contribution in [3.05, 3.63) is 58.8 Å². The number of nitrogens with one attached hydrogen (secondary N) is 1. The van der Waals surface area contributed by atoms with Crippen LogP contribution in [0.4, 0.5) is 5.69 Å². The molecule has 0 saturated carbocycles. The van der Waals surface area contributed by atoms with Gasteiger partial charge >= 0.3 is 11.9 Å². The molecule has 2 fully saturated rings. The van der Waals surface area contributed by atoms with Crippen LogP contribution in [0.5, 0.6) is 17.2 Å². The predicted octanol–water partition coefficient (Wildman–Crippen LogP) is 4.02. The lowest BCUT2D eigenvalue weighted by atomic mass is 9.53. The highest BCUT2D eigenvalue weighted by Crippen LogP contribution is 2.65. The van der Waals surface area contributed by atoms with E-state index in [-0.39, 0.29) is 18.8 Å². The van der Waals surface area contributed by atoms with Crippen molar-refractivity contribution in [3.63, 3.8) is 0 Å². The maximum atomic E-state index is 13.5. The van der Waals surface area contributed by atoms with Gasteiger partial charge in [0.1, 0.15) is 11.9 Å². The molecule has 0 unspecified atom stereocenters. The Labute approximate surface area is 227 Å². The van der Waals surface area contributed by atoms with E-state index < -0.39 is 22.9 Å². The Morgan fingerprint density at radius 3 is 2.72 bits per heavy atom. The number of methoxy groups -OCH3 is 2. The summed E-state index contributed by atoms with van der Waals surface area (Å²) in [6.45, 7) is 4.00. The molecule has 2 aromatic carbocycles. The van der Waals surface area contributed by atoms with E-state index in [1.165, 1.54) is 7.11 Å². The molecular formula is C30H32N2O7. The molecule has 1 N–H and O–H groups in total. The van der Waals surface area contributed by atoms with Gasteiger partial charge in [-0.3, -0.25) is 4.90 Å². The molecule has 4 aliphatic heterocycles. The van der Waals surface area contributed by atoms with Crippen LogP contribution in [0.2, 0.25) is 0 Å². The van der Waals surface area contributed by atoms with Crippen LogP contribution >= 0.6 is 0 Å². The number of hydrogen-bond donors (Lipinski definition) is 1. The number of hydrogen-bond acceptors (Lipinski definition) is 9. The van der Waals surface area contributed by atoms with Gasteiger partial charge in [-0.25, -0.2) is 9.59 Å². The van der Waals surface area contributed by atoms with Crippen molar-refractivity contribution in [1.82, 2.24) is 4.90 Å². The van der Waals surface area contributed by atoms with Crippen molar-refractivity contribution < 1.29 is 33.3 Å². The molecule has 5 aliphatic rings. The molecule has 9 nitrogen and oxygen atoms in total. The summed E-state index contributed by atoms with van der Waals surface area (Å²) in [4.78, 5) is 29.4. The minimum absolute atomic E-state index is 0.0591. The molecule has 0 aromatic heterocycles. The Hall–Kier alpha value is -3.72. The second kappa shape index (κ2) is 8.64. The maximum Gasteiger partial charge on any atom is 0.338 e. The number of ether oxygens (including phenoxy) is 5. The van der Waals surface area contributed by atoms with Crippen molar-refractivity contribution >= 4 is 17.6 Å². The number of piperidine rings is 1. The van der Waals surface area contributed by atoms with Gasteiger partial charge in [0.25, 0.3) is 0 Å². The van der Waals surface area contributed by atoms with Crippen LogP contribution < -0.4 is 19.5 Å². The summed E-state index contributed by atoms with van der Waals surface area (Å²) in [7, 11) is 3.08. The first-order chi connectivity index (χ1) is 18.9. The number of carbonyl (C=O) groups is 2. The van der Waals surface area contributed by atoms with Gasteiger partial charge in [0.15, 0.2) is 11.5 Å². The van der Waals surface area contributed by atoms with Crippen molar-refractivity contribution in [2.75, 3.05) is 39.4 Å². The van der Waals surface area contributed by atoms with Crippen LogP contribution in [0.1, 0.15) is 48.5 Å². The lowest BCUT2D eigenvalue weighted by Gasteiger charge is -2.57. The van der Waals surface area contributed by atoms with Gasteiger partial charge in [-0.05, 0) is 75.5 Å². The zero-order valence-electron chi connectivity index (χ0n) is 22.4. The van der Waals surface area contributed by atoms with Gasteiger partial charge in [-0.15, -0.1) is 0 Å². The van der Waals surface area contributed by atoms with E-state index in [0.29, 0.717) is 29.1 Å². The van der Waals surface area contributed by atoms with Crippen LogP contribution in [-0.2, 0) is 19.7 Å². The van der Waals surface area contributed by atoms with Gasteiger partial charge in [-0.1, -0.05) is 6.07 Å². The van der Waals surface area contributed by atoms with E-state index >= 15 is 0 Å². The Kier molecular flexibility index (Phi) is 5.39. The lowest BCUT2D eigenvalue weighted by molar-refractivity contribution is -0.138. The van der Waals surface area contributed by atoms with Gasteiger partial charge in [-0.2, -0.15) is 0 Å². The summed E-state index contributed by atoms with van der Waals surface area (Å²) in [5, 5.41) is 3.61. The number of carbonyl (C=O) groups excluding carboxylic acids is 2. The molecule has 4 heterocycles. The molecule has 2 saturated heterocycles. The third-order valence-corrected chi connectivity index (χ3v) is 9.61. The summed E-state index contributed by atoms with van der Waals surface area (Å²) < 4.78 is 28.0. The number of fused-ring (bicyclic) bond motifs is 2. The highest BCUT2D eigenvalue weighted by Gasteiger charge is 2.68. The van der Waals surface area contributed by atoms with E-state index in [1.807, 2.05) is 19.1 Å². The molecule has 0 bridgehead atoms. The van der Waals surface area contributed by atoms with Crippen LogP contribution in [-0.4, -0.2) is 63.1 Å². The van der Waals surface area contributed by atoms with Crippen molar-refractivity contribution in [2.45, 2.75) is 50.2 Å². The van der Waals surface area contributed by atoms with Crippen molar-refractivity contribution in [3.8, 4) is 17.2 Å². The average Bonchev–Trinajstić information content (AvgIpc) is 3.68. The number of rotatable bonds is 5. The molecule has 9 heteroatoms. The fraction of sp³-hybridized carbons (Fsp3) is 0.467. The monoisotopic (exact) mass is 532 g/mol. The Morgan fingerprint density at radius 2 is 1.90 bits per heavy atom. The zero-order chi connectivity index (χ0) is 26.9. The SMILES string of the molecule is COC(=O)C1=C2Nc3cc(OC)ccc3[C@@]23CCN2CCC[C@@]([C@H](C)OC(=O)c4ccc5c(c4)OCO5)(C1)[C@H]23. The fourth-order valence-corrected chi connectivity index (χ4v) is 7.99. The highest BCUT2D eigenvalue weighted by atomic mass is 16.7. The third-order valence-electron chi connectivity index (χ3n) is 9.61. The Balaban J connectivity index is 1.32. The number of nitrogens with zero attached hydrogens (tertiary/aromatic N) is 1. The molecule has 0 amide bonds. The van der Waals surface area contributed by atoms with Crippen LogP contribution in [0.15, 0.2) is 47.7 Å². The predicted molar refractivity (Wildman–Crippen MR) is 141 cm³/mol. The minimum Gasteiger partial charge on any atom is -0.497 e. The Bertz CT molecular complexity index is 1420. The first-order valence-electron chi connectivity index (χ1n) is 13.5. The minimum atomic E-state index is -0.475. The third kappa shape index (κ3) is 3.28. The molecule has 7 rings (SSSR count). The first-order valence-corrected chi connectivity index (χ1v) is 13.5. The standard InChI is InChI=1S/C30H32N2O7/c1-17(39-26(33)18-5-8-23-24(13-18)38-16-37-23)29-9-4-11-32-12-10-30(28(29)32)21-7-6-19(35-2)14-22(21)31-25(30)20(15-29)27(34)36-3/h5-8,13-14,17,28,31H,4,9-12,15-16H2,1-3H3/t17-,28-,29-,30-/m0/s1. The van der Waals surface area contributed by atoms with Crippen molar-refractivity contribution in [1.29, 1.82) is 0 Å². The molecule has 2 aromatic rings. The van der Waals surface area contributed by atoms with Gasteiger partial charge < -0.3 is 29.0 Å². The lowest BCUT2D eigenvalue weighted by Crippen LogP contribution is -2.64. The second-order valence-electron chi connectivity index (χ2n) is 11.2. The largest absolute Gasteiger partial charge is 0.497 e. The van der Waals surface area contributed by atoms with Crippen LogP contribution in [0, 0.1) is 5.41 Å². The fourth-order valence-electron chi connectivity index (χ4n) is 7.99. The van der Waals surface area contributed by atoms with Crippen molar-refractivity contribution in [2.24, 2.45) is 5.41 Å². The molecule has 39 heavy (non-hydrogen) atoms. The number of anilines is 1. The van der Waals surface area contributed by atoms with E-state index in [2.05, 4.69) is 16.3 Å². The highest BCUT2D eigenvalue weighted by molar-refractivity contribution is 5.93. The molecule has 1 spiro atoms. The first kappa shape index (κ1) is 24.3. The molecule has 204 valence electrons. The van der Waals surface area contributed by atoms with E-state index in [1.54, 1.807) is 25.3 Å². The molecular weight excluding hydrogens is 500 g/mol. The number of benzene rings is 2. The topological polar surface area (TPSA) is 95.6 Å². The Morgan fingerprint density at radius 1 is 1.05 bits per heavy atom.